The Morgan fingerprint density at radius 2 is 1.80 bits per heavy atom. The molecule has 0 aliphatic carbocycles. The molecule has 1 saturated heterocycles. The van der Waals surface area contributed by atoms with E-state index < -0.39 is 5.92 Å². The van der Waals surface area contributed by atoms with Gasteiger partial charge in [-0.15, -0.1) is 0 Å². The Labute approximate surface area is 174 Å². The zero-order valence-corrected chi connectivity index (χ0v) is 16.8. The van der Waals surface area contributed by atoms with Crippen LogP contribution in [0.25, 0.3) is 0 Å². The molecule has 0 spiro atoms. The molecule has 1 unspecified atom stereocenters. The first-order valence-corrected chi connectivity index (χ1v) is 9.49. The highest BCUT2D eigenvalue weighted by Gasteiger charge is 2.34. The van der Waals surface area contributed by atoms with Gasteiger partial charge in [0.25, 0.3) is 5.91 Å². The Balaban J connectivity index is 1.51. The quantitative estimate of drug-likeness (QED) is 0.789. The van der Waals surface area contributed by atoms with Crippen LogP contribution < -0.4 is 10.2 Å². The predicted molar refractivity (Wildman–Crippen MR) is 111 cm³/mol. The summed E-state index contributed by atoms with van der Waals surface area (Å²) < 4.78 is 13.1. The van der Waals surface area contributed by atoms with Crippen LogP contribution in [0.2, 0.25) is 0 Å². The maximum atomic E-state index is 13.1. The number of benzene rings is 2. The van der Waals surface area contributed by atoms with Crippen LogP contribution >= 0.6 is 0 Å². The Hall–Kier alpha value is -3.66. The first kappa shape index (κ1) is 21.1. The Bertz CT molecular complexity index is 1000. The van der Waals surface area contributed by atoms with Crippen molar-refractivity contribution in [3.8, 4) is 11.8 Å². The number of amides is 3. The summed E-state index contributed by atoms with van der Waals surface area (Å²) in [6.45, 7) is 0.406. The largest absolute Gasteiger partial charge is 0.345 e. The number of carbonyl (C=O) groups is 3. The van der Waals surface area contributed by atoms with Crippen LogP contribution in [0.15, 0.2) is 48.5 Å². The molecule has 0 radical (unpaired) electrons. The number of hydrogen-bond donors (Lipinski definition) is 1. The lowest BCUT2D eigenvalue weighted by atomic mass is 10.1. The van der Waals surface area contributed by atoms with E-state index in [0.29, 0.717) is 11.3 Å². The summed E-state index contributed by atoms with van der Waals surface area (Å²) in [5.41, 5.74) is 1.89. The van der Waals surface area contributed by atoms with Gasteiger partial charge in [-0.3, -0.25) is 14.4 Å². The molecule has 7 heteroatoms. The van der Waals surface area contributed by atoms with Crippen LogP contribution in [0.5, 0.6) is 0 Å². The fourth-order valence-corrected chi connectivity index (χ4v) is 3.13. The molecule has 0 aromatic heterocycles. The van der Waals surface area contributed by atoms with Crippen molar-refractivity contribution in [2.75, 3.05) is 32.1 Å². The number of rotatable bonds is 4. The van der Waals surface area contributed by atoms with Crippen molar-refractivity contribution < 1.29 is 18.8 Å². The van der Waals surface area contributed by atoms with E-state index in [1.54, 1.807) is 38.4 Å². The molecule has 0 saturated carbocycles. The highest BCUT2D eigenvalue weighted by Crippen LogP contribution is 2.25. The summed E-state index contributed by atoms with van der Waals surface area (Å²) in [7, 11) is 3.38. The normalized spacial score (nSPS) is 15.4. The minimum Gasteiger partial charge on any atom is -0.345 e. The standard InChI is InChI=1S/C23H22FN3O3/c1-26(2)23(30)17-7-5-16(6-8-17)4-3-13-25-22(29)18-14-21(28)27(15-18)20-11-9-19(24)10-12-20/h5-12,18H,13-15H2,1-2H3,(H,25,29). The summed E-state index contributed by atoms with van der Waals surface area (Å²) in [6.07, 6.45) is 0.109. The zero-order chi connectivity index (χ0) is 21.7. The Morgan fingerprint density at radius 3 is 2.43 bits per heavy atom. The van der Waals surface area contributed by atoms with E-state index in [1.807, 2.05) is 0 Å². The number of nitrogens with one attached hydrogen (secondary N) is 1. The molecule has 3 amide bonds. The van der Waals surface area contributed by atoms with Crippen molar-refractivity contribution in [3.05, 3.63) is 65.5 Å². The van der Waals surface area contributed by atoms with Crippen molar-refractivity contribution in [1.29, 1.82) is 0 Å². The van der Waals surface area contributed by atoms with E-state index >= 15 is 0 Å². The molecule has 1 heterocycles. The number of nitrogens with zero attached hydrogens (tertiary/aromatic N) is 2. The second kappa shape index (κ2) is 9.23. The molecule has 3 rings (SSSR count). The number of hydrogen-bond acceptors (Lipinski definition) is 3. The van der Waals surface area contributed by atoms with Gasteiger partial charge in [0.15, 0.2) is 0 Å². The van der Waals surface area contributed by atoms with E-state index in [0.717, 1.165) is 5.56 Å². The van der Waals surface area contributed by atoms with E-state index in [4.69, 9.17) is 0 Å². The maximum Gasteiger partial charge on any atom is 0.253 e. The molecule has 2 aromatic carbocycles. The van der Waals surface area contributed by atoms with Crippen molar-refractivity contribution in [2.24, 2.45) is 5.92 Å². The van der Waals surface area contributed by atoms with Gasteiger partial charge in [-0.05, 0) is 48.5 Å². The predicted octanol–water partition coefficient (Wildman–Crippen LogP) is 2.05. The fourth-order valence-electron chi connectivity index (χ4n) is 3.13. The van der Waals surface area contributed by atoms with Crippen LogP contribution in [-0.2, 0) is 9.59 Å². The highest BCUT2D eigenvalue weighted by molar-refractivity contribution is 6.00. The molecule has 1 fully saturated rings. The van der Waals surface area contributed by atoms with Gasteiger partial charge in [0.1, 0.15) is 5.82 Å². The molecule has 6 nitrogen and oxygen atoms in total. The van der Waals surface area contributed by atoms with Crippen LogP contribution in [0.4, 0.5) is 10.1 Å². The third-order valence-electron chi connectivity index (χ3n) is 4.76. The van der Waals surface area contributed by atoms with Crippen LogP contribution in [-0.4, -0.2) is 49.8 Å². The molecule has 1 aliphatic rings. The molecule has 30 heavy (non-hydrogen) atoms. The summed E-state index contributed by atoms with van der Waals surface area (Å²) in [5.74, 6) is 4.46. The lowest BCUT2D eigenvalue weighted by Gasteiger charge is -2.16. The van der Waals surface area contributed by atoms with E-state index in [-0.39, 0.29) is 43.0 Å². The van der Waals surface area contributed by atoms with Crippen molar-refractivity contribution in [1.82, 2.24) is 10.2 Å². The van der Waals surface area contributed by atoms with Crippen molar-refractivity contribution in [3.63, 3.8) is 0 Å². The molecule has 1 N–H and O–H groups in total. The van der Waals surface area contributed by atoms with Crippen LogP contribution in [0, 0.1) is 23.6 Å². The minimum absolute atomic E-state index is 0.0810. The lowest BCUT2D eigenvalue weighted by molar-refractivity contribution is -0.126. The number of anilines is 1. The van der Waals surface area contributed by atoms with E-state index in [2.05, 4.69) is 17.2 Å². The Kier molecular flexibility index (Phi) is 6.48. The van der Waals surface area contributed by atoms with Gasteiger partial charge in [-0.2, -0.15) is 0 Å². The van der Waals surface area contributed by atoms with Crippen molar-refractivity contribution >= 4 is 23.4 Å². The molecule has 1 aliphatic heterocycles. The third kappa shape index (κ3) is 5.03. The molecular formula is C23H22FN3O3. The molecule has 2 aromatic rings. The third-order valence-corrected chi connectivity index (χ3v) is 4.76. The summed E-state index contributed by atoms with van der Waals surface area (Å²) >= 11 is 0. The SMILES string of the molecule is CN(C)C(=O)c1ccc(C#CCNC(=O)C2CC(=O)N(c3ccc(F)cc3)C2)cc1. The van der Waals surface area contributed by atoms with Crippen LogP contribution in [0.3, 0.4) is 0 Å². The summed E-state index contributed by atoms with van der Waals surface area (Å²) in [4.78, 5) is 39.4. The Morgan fingerprint density at radius 1 is 1.13 bits per heavy atom. The monoisotopic (exact) mass is 407 g/mol. The van der Waals surface area contributed by atoms with Gasteiger partial charge in [-0.1, -0.05) is 11.8 Å². The van der Waals surface area contributed by atoms with Gasteiger partial charge in [0.2, 0.25) is 11.8 Å². The topological polar surface area (TPSA) is 69.7 Å². The van der Waals surface area contributed by atoms with Gasteiger partial charge in [0.05, 0.1) is 12.5 Å². The average Bonchev–Trinajstić information content (AvgIpc) is 3.13. The minimum atomic E-state index is -0.472. The first-order valence-electron chi connectivity index (χ1n) is 9.49. The maximum absolute atomic E-state index is 13.1. The molecule has 0 bridgehead atoms. The lowest BCUT2D eigenvalue weighted by Crippen LogP contribution is -2.33. The van der Waals surface area contributed by atoms with Gasteiger partial charge >= 0.3 is 0 Å². The smallest absolute Gasteiger partial charge is 0.253 e. The summed E-state index contributed by atoms with van der Waals surface area (Å²) in [6, 6.07) is 12.5. The second-order valence-corrected chi connectivity index (χ2v) is 7.18. The average molecular weight is 407 g/mol. The van der Waals surface area contributed by atoms with Gasteiger partial charge in [0, 0.05) is 43.9 Å². The number of carbonyl (C=O) groups excluding carboxylic acids is 3. The molecule has 1 atom stereocenters. The summed E-state index contributed by atoms with van der Waals surface area (Å²) in [5, 5.41) is 2.73. The number of halogens is 1. The molecule has 154 valence electrons. The van der Waals surface area contributed by atoms with Crippen LogP contribution in [0.1, 0.15) is 22.3 Å². The van der Waals surface area contributed by atoms with Crippen molar-refractivity contribution in [2.45, 2.75) is 6.42 Å². The van der Waals surface area contributed by atoms with Gasteiger partial charge in [-0.25, -0.2) is 4.39 Å². The highest BCUT2D eigenvalue weighted by atomic mass is 19.1. The second-order valence-electron chi connectivity index (χ2n) is 7.18. The van der Waals surface area contributed by atoms with Gasteiger partial charge < -0.3 is 15.1 Å². The van der Waals surface area contributed by atoms with E-state index in [1.165, 1.54) is 34.1 Å². The first-order chi connectivity index (χ1) is 14.3. The van der Waals surface area contributed by atoms with E-state index in [9.17, 15) is 18.8 Å². The fraction of sp³-hybridized carbons (Fsp3) is 0.261. The zero-order valence-electron chi connectivity index (χ0n) is 16.8. The molecular weight excluding hydrogens is 385 g/mol.